The summed E-state index contributed by atoms with van der Waals surface area (Å²) >= 11 is 0. The van der Waals surface area contributed by atoms with E-state index in [1.165, 1.54) is 25.0 Å². The Bertz CT molecular complexity index is 765. The fourth-order valence-electron chi connectivity index (χ4n) is 3.75. The number of hydrogen-bond donors (Lipinski definition) is 1. The lowest BCUT2D eigenvalue weighted by Gasteiger charge is -2.26. The Morgan fingerprint density at radius 3 is 2.27 bits per heavy atom. The third-order valence-electron chi connectivity index (χ3n) is 5.24. The molecule has 1 aromatic carbocycles. The summed E-state index contributed by atoms with van der Waals surface area (Å²) < 4.78 is 26.7. The second-order valence-electron chi connectivity index (χ2n) is 7.26. The van der Waals surface area contributed by atoms with Crippen molar-refractivity contribution in [2.24, 2.45) is 0 Å². The van der Waals surface area contributed by atoms with Gasteiger partial charge in [-0.3, -0.25) is 9.59 Å². The van der Waals surface area contributed by atoms with Crippen LogP contribution in [0.15, 0.2) is 29.2 Å². The normalized spacial score (nSPS) is 22.3. The highest BCUT2D eigenvalue weighted by atomic mass is 32.2. The second kappa shape index (κ2) is 7.78. The number of carbonyl (C=O) groups excluding carboxylic acids is 2. The summed E-state index contributed by atoms with van der Waals surface area (Å²) in [6.07, 6.45) is 6.62. The summed E-state index contributed by atoms with van der Waals surface area (Å²) in [4.78, 5) is 25.1. The number of hydrogen-bond acceptors (Lipinski definition) is 4. The maximum Gasteiger partial charge on any atom is 0.267 e. The number of benzene rings is 1. The largest absolute Gasteiger partial charge is 0.352 e. The zero-order valence-electron chi connectivity index (χ0n) is 15.1. The summed E-state index contributed by atoms with van der Waals surface area (Å²) in [7, 11) is -4.02. The molecule has 0 radical (unpaired) electrons. The molecule has 0 bridgehead atoms. The Kier molecular flexibility index (Phi) is 5.65. The van der Waals surface area contributed by atoms with Crippen molar-refractivity contribution in [2.45, 2.75) is 75.3 Å². The first-order chi connectivity index (χ1) is 12.4. The molecule has 3 rings (SSSR count). The average molecular weight is 378 g/mol. The summed E-state index contributed by atoms with van der Waals surface area (Å²) in [6, 6.07) is 5.47. The molecule has 7 heteroatoms. The number of sulfonamides is 1. The van der Waals surface area contributed by atoms with Crippen molar-refractivity contribution in [2.75, 3.05) is 0 Å². The molecule has 1 aromatic rings. The minimum atomic E-state index is -4.02. The highest BCUT2D eigenvalue weighted by Gasteiger charge is 2.44. The highest BCUT2D eigenvalue weighted by Crippen LogP contribution is 2.28. The van der Waals surface area contributed by atoms with E-state index in [9.17, 15) is 18.0 Å². The molecule has 1 saturated heterocycles. The molecular formula is C19H26N2O4S. The third kappa shape index (κ3) is 3.92. The fourth-order valence-corrected chi connectivity index (χ4v) is 5.35. The first kappa shape index (κ1) is 18.9. The summed E-state index contributed by atoms with van der Waals surface area (Å²) in [5, 5.41) is 2.99. The van der Waals surface area contributed by atoms with Gasteiger partial charge in [0.1, 0.15) is 6.04 Å². The van der Waals surface area contributed by atoms with Crippen molar-refractivity contribution in [3.63, 3.8) is 0 Å². The van der Waals surface area contributed by atoms with Crippen molar-refractivity contribution in [1.29, 1.82) is 0 Å². The van der Waals surface area contributed by atoms with E-state index in [0.717, 1.165) is 35.6 Å². The smallest absolute Gasteiger partial charge is 0.267 e. The van der Waals surface area contributed by atoms with Gasteiger partial charge >= 0.3 is 0 Å². The standard InChI is InChI=1S/C19H26N2O4S/c1-14-8-10-16(11-9-14)26(24,25)21-17(12-13-18(21)22)19(23)20-15-6-4-2-3-5-7-15/h8-11,15,17H,2-7,12-13H2,1H3,(H,20,23)/t17-/m0/s1. The molecule has 0 spiro atoms. The number of aryl methyl sites for hydroxylation is 1. The van der Waals surface area contributed by atoms with Gasteiger partial charge in [-0.15, -0.1) is 0 Å². The second-order valence-corrected chi connectivity index (χ2v) is 9.07. The summed E-state index contributed by atoms with van der Waals surface area (Å²) in [5.74, 6) is -0.856. The maximum atomic E-state index is 12.9. The molecule has 0 aromatic heterocycles. The van der Waals surface area contributed by atoms with Gasteiger partial charge in [0.2, 0.25) is 11.8 Å². The SMILES string of the molecule is Cc1ccc(S(=O)(=O)N2C(=O)CC[C@H]2C(=O)NC2CCCCCC2)cc1. The van der Waals surface area contributed by atoms with Gasteiger partial charge in [0.15, 0.2) is 0 Å². The Labute approximate surface area is 155 Å². The van der Waals surface area contributed by atoms with E-state index in [1.54, 1.807) is 12.1 Å². The highest BCUT2D eigenvalue weighted by molar-refractivity contribution is 7.89. The topological polar surface area (TPSA) is 83.6 Å². The number of carbonyl (C=O) groups is 2. The molecule has 2 aliphatic rings. The van der Waals surface area contributed by atoms with Gasteiger partial charge in [0, 0.05) is 12.5 Å². The number of nitrogens with one attached hydrogen (secondary N) is 1. The van der Waals surface area contributed by atoms with Crippen molar-refractivity contribution in [3.8, 4) is 0 Å². The van der Waals surface area contributed by atoms with Gasteiger partial charge < -0.3 is 5.32 Å². The molecule has 1 N–H and O–H groups in total. The monoisotopic (exact) mass is 378 g/mol. The van der Waals surface area contributed by atoms with Gasteiger partial charge in [0.25, 0.3) is 10.0 Å². The van der Waals surface area contributed by atoms with Gasteiger partial charge in [-0.1, -0.05) is 43.4 Å². The van der Waals surface area contributed by atoms with Crippen LogP contribution in [0.5, 0.6) is 0 Å². The van der Waals surface area contributed by atoms with Gasteiger partial charge in [-0.05, 0) is 38.3 Å². The van der Waals surface area contributed by atoms with Crippen molar-refractivity contribution >= 4 is 21.8 Å². The predicted octanol–water partition coefficient (Wildman–Crippen LogP) is 2.51. The zero-order valence-corrected chi connectivity index (χ0v) is 15.9. The Hall–Kier alpha value is -1.89. The molecule has 1 saturated carbocycles. The van der Waals surface area contributed by atoms with E-state index in [0.29, 0.717) is 0 Å². The minimum Gasteiger partial charge on any atom is -0.352 e. The third-order valence-corrected chi connectivity index (χ3v) is 7.09. The molecule has 1 aliphatic carbocycles. The lowest BCUT2D eigenvalue weighted by molar-refractivity contribution is -0.131. The van der Waals surface area contributed by atoms with Crippen LogP contribution in [-0.4, -0.2) is 36.6 Å². The van der Waals surface area contributed by atoms with Crippen molar-refractivity contribution in [1.82, 2.24) is 9.62 Å². The Morgan fingerprint density at radius 1 is 1.04 bits per heavy atom. The van der Waals surface area contributed by atoms with E-state index >= 15 is 0 Å². The molecule has 26 heavy (non-hydrogen) atoms. The molecular weight excluding hydrogens is 352 g/mol. The molecule has 6 nitrogen and oxygen atoms in total. The first-order valence-corrected chi connectivity index (χ1v) is 10.8. The molecule has 1 heterocycles. The van der Waals surface area contributed by atoms with E-state index in [4.69, 9.17) is 0 Å². The maximum absolute atomic E-state index is 12.9. The quantitative estimate of drug-likeness (QED) is 0.816. The average Bonchev–Trinajstić information content (AvgIpc) is 2.83. The minimum absolute atomic E-state index is 0.0469. The van der Waals surface area contributed by atoms with Crippen molar-refractivity contribution < 1.29 is 18.0 Å². The van der Waals surface area contributed by atoms with Crippen LogP contribution in [0, 0.1) is 6.92 Å². The Morgan fingerprint density at radius 2 is 1.65 bits per heavy atom. The molecule has 2 amide bonds. The van der Waals surface area contributed by atoms with E-state index in [1.807, 2.05) is 6.92 Å². The molecule has 1 aliphatic heterocycles. The summed E-state index contributed by atoms with van der Waals surface area (Å²) in [6.45, 7) is 1.86. The molecule has 1 atom stereocenters. The molecule has 2 fully saturated rings. The van der Waals surface area contributed by atoms with Crippen LogP contribution in [-0.2, 0) is 19.6 Å². The van der Waals surface area contributed by atoms with Crippen LogP contribution in [0.25, 0.3) is 0 Å². The van der Waals surface area contributed by atoms with Crippen LogP contribution in [0.3, 0.4) is 0 Å². The van der Waals surface area contributed by atoms with E-state index in [2.05, 4.69) is 5.32 Å². The predicted molar refractivity (Wildman–Crippen MR) is 97.9 cm³/mol. The van der Waals surface area contributed by atoms with Crippen LogP contribution < -0.4 is 5.32 Å². The fraction of sp³-hybridized carbons (Fsp3) is 0.579. The first-order valence-electron chi connectivity index (χ1n) is 9.34. The number of rotatable bonds is 4. The van der Waals surface area contributed by atoms with Crippen LogP contribution in [0.2, 0.25) is 0 Å². The lowest BCUT2D eigenvalue weighted by Crippen LogP contribution is -2.49. The van der Waals surface area contributed by atoms with E-state index in [-0.39, 0.29) is 29.7 Å². The lowest BCUT2D eigenvalue weighted by atomic mass is 10.1. The number of nitrogens with zero attached hydrogens (tertiary/aromatic N) is 1. The number of amides is 2. The van der Waals surface area contributed by atoms with Gasteiger partial charge in [-0.2, -0.15) is 0 Å². The molecule has 0 unspecified atom stereocenters. The molecule has 142 valence electrons. The zero-order chi connectivity index (χ0) is 18.7. The van der Waals surface area contributed by atoms with Gasteiger partial charge in [-0.25, -0.2) is 12.7 Å². The van der Waals surface area contributed by atoms with Crippen LogP contribution >= 0.6 is 0 Å². The Balaban J connectivity index is 1.79. The van der Waals surface area contributed by atoms with Gasteiger partial charge in [0.05, 0.1) is 4.90 Å². The van der Waals surface area contributed by atoms with Crippen LogP contribution in [0.1, 0.15) is 56.9 Å². The van der Waals surface area contributed by atoms with Crippen LogP contribution in [0.4, 0.5) is 0 Å². The van der Waals surface area contributed by atoms with Crippen molar-refractivity contribution in [3.05, 3.63) is 29.8 Å². The summed E-state index contributed by atoms with van der Waals surface area (Å²) in [5.41, 5.74) is 0.930. The van der Waals surface area contributed by atoms with E-state index < -0.39 is 22.0 Å².